The van der Waals surface area contributed by atoms with Crippen molar-refractivity contribution in [3.05, 3.63) is 36.1 Å². The molecule has 4 rings (SSSR count). The Morgan fingerprint density at radius 3 is 2.62 bits per heavy atom. The van der Waals surface area contributed by atoms with Gasteiger partial charge in [0.2, 0.25) is 6.29 Å². The van der Waals surface area contributed by atoms with Crippen LogP contribution in [0.25, 0.3) is 0 Å². The highest BCUT2D eigenvalue weighted by Crippen LogP contribution is 2.63. The van der Waals surface area contributed by atoms with E-state index in [-0.39, 0.29) is 35.7 Å². The van der Waals surface area contributed by atoms with E-state index in [4.69, 9.17) is 9.47 Å². The fourth-order valence-corrected chi connectivity index (χ4v) is 7.03. The quantitative estimate of drug-likeness (QED) is 0.483. The zero-order chi connectivity index (χ0) is 23.3. The van der Waals surface area contributed by atoms with Gasteiger partial charge in [0, 0.05) is 5.41 Å². The number of allylic oxidation sites excluding steroid dienone is 3. The minimum atomic E-state index is -1.24. The van der Waals surface area contributed by atoms with E-state index in [1.165, 1.54) is 6.08 Å². The molecule has 6 heteroatoms. The van der Waals surface area contributed by atoms with Crippen LogP contribution in [0.2, 0.25) is 0 Å². The molecule has 0 bridgehead atoms. The monoisotopic (exact) mass is 448 g/mol. The van der Waals surface area contributed by atoms with Crippen LogP contribution in [-0.4, -0.2) is 58.2 Å². The Kier molecular flexibility index (Phi) is 6.40. The lowest BCUT2D eigenvalue weighted by molar-refractivity contribution is -0.240. The summed E-state index contributed by atoms with van der Waals surface area (Å²) >= 11 is 0. The first-order valence-corrected chi connectivity index (χ1v) is 12.0. The zero-order valence-electron chi connectivity index (χ0n) is 19.7. The smallest absolute Gasteiger partial charge is 0.228 e. The van der Waals surface area contributed by atoms with Gasteiger partial charge in [-0.3, -0.25) is 0 Å². The average molecular weight is 449 g/mol. The molecule has 3 aliphatic carbocycles. The van der Waals surface area contributed by atoms with Gasteiger partial charge >= 0.3 is 0 Å². The van der Waals surface area contributed by atoms with Crippen LogP contribution < -0.4 is 0 Å². The maximum absolute atomic E-state index is 11.1. The molecule has 0 saturated heterocycles. The Bertz CT molecular complexity index is 791. The Morgan fingerprint density at radius 2 is 1.94 bits per heavy atom. The van der Waals surface area contributed by atoms with E-state index < -0.39 is 30.0 Å². The van der Waals surface area contributed by atoms with Crippen molar-refractivity contribution in [3.63, 3.8) is 0 Å². The third-order valence-corrected chi connectivity index (χ3v) is 9.24. The van der Waals surface area contributed by atoms with Gasteiger partial charge in [-0.15, -0.1) is 6.58 Å². The van der Waals surface area contributed by atoms with Crippen LogP contribution in [0.1, 0.15) is 59.3 Å². The summed E-state index contributed by atoms with van der Waals surface area (Å²) in [7, 11) is 0. The minimum Gasteiger partial charge on any atom is -0.464 e. The van der Waals surface area contributed by atoms with Crippen LogP contribution in [0.15, 0.2) is 36.1 Å². The van der Waals surface area contributed by atoms with Gasteiger partial charge in [0.05, 0.1) is 12.7 Å². The summed E-state index contributed by atoms with van der Waals surface area (Å²) in [5, 5.41) is 40.9. The van der Waals surface area contributed by atoms with Gasteiger partial charge in [0.15, 0.2) is 0 Å². The molecule has 0 radical (unpaired) electrons. The van der Waals surface area contributed by atoms with E-state index in [1.54, 1.807) is 5.57 Å². The van der Waals surface area contributed by atoms with Crippen LogP contribution in [0.4, 0.5) is 0 Å². The number of hydrogen-bond donors (Lipinski definition) is 4. The van der Waals surface area contributed by atoms with Crippen LogP contribution in [0.3, 0.4) is 0 Å². The fourth-order valence-electron chi connectivity index (χ4n) is 7.03. The molecule has 0 aromatic carbocycles. The number of rotatable bonds is 5. The van der Waals surface area contributed by atoms with Gasteiger partial charge < -0.3 is 29.9 Å². The number of aliphatic hydroxyl groups excluding tert-OH is 4. The second-order valence-electron chi connectivity index (χ2n) is 11.3. The second kappa shape index (κ2) is 8.55. The largest absolute Gasteiger partial charge is 0.464 e. The lowest BCUT2D eigenvalue weighted by Gasteiger charge is -2.61. The molecule has 0 unspecified atom stereocenters. The Labute approximate surface area is 191 Å². The van der Waals surface area contributed by atoms with Gasteiger partial charge in [-0.05, 0) is 67.3 Å². The molecule has 0 aromatic heterocycles. The Hall–Kier alpha value is -1.18. The minimum absolute atomic E-state index is 0.0750. The summed E-state index contributed by atoms with van der Waals surface area (Å²) in [6, 6.07) is 0. The molecular weight excluding hydrogens is 408 g/mol. The normalized spacial score (nSPS) is 48.6. The van der Waals surface area contributed by atoms with E-state index in [0.717, 1.165) is 32.1 Å². The molecule has 32 heavy (non-hydrogen) atoms. The summed E-state index contributed by atoms with van der Waals surface area (Å²) in [6.07, 6.45) is 7.74. The molecule has 2 saturated carbocycles. The third-order valence-electron chi connectivity index (χ3n) is 9.24. The van der Waals surface area contributed by atoms with Crippen LogP contribution in [-0.2, 0) is 9.47 Å². The van der Waals surface area contributed by atoms with Crippen LogP contribution in [0.5, 0.6) is 0 Å². The fraction of sp³-hybridized carbons (Fsp3) is 0.769. The van der Waals surface area contributed by atoms with E-state index in [0.29, 0.717) is 12.3 Å². The van der Waals surface area contributed by atoms with Crippen molar-refractivity contribution in [2.75, 3.05) is 13.2 Å². The van der Waals surface area contributed by atoms with Crippen LogP contribution >= 0.6 is 0 Å². The molecule has 9 atom stereocenters. The molecule has 180 valence electrons. The van der Waals surface area contributed by atoms with Gasteiger partial charge in [0.1, 0.15) is 24.6 Å². The van der Waals surface area contributed by atoms with Crippen molar-refractivity contribution in [1.82, 2.24) is 0 Å². The number of fused-ring (bicyclic) bond motifs is 3. The molecule has 4 N–H and O–H groups in total. The second-order valence-corrected chi connectivity index (χ2v) is 11.3. The molecule has 1 heterocycles. The number of hydrogen-bond acceptors (Lipinski definition) is 6. The van der Waals surface area contributed by atoms with Crippen molar-refractivity contribution in [2.45, 2.75) is 83.9 Å². The molecule has 4 aliphatic rings. The molecule has 0 aromatic rings. The summed E-state index contributed by atoms with van der Waals surface area (Å²) in [4.78, 5) is 0. The zero-order valence-corrected chi connectivity index (χ0v) is 19.7. The lowest BCUT2D eigenvalue weighted by atomic mass is 9.45. The average Bonchev–Trinajstić information content (AvgIpc) is 2.77. The van der Waals surface area contributed by atoms with Crippen molar-refractivity contribution >= 4 is 0 Å². The van der Waals surface area contributed by atoms with E-state index in [9.17, 15) is 20.4 Å². The standard InChI is InChI=1S/C26H40O6/c1-5-24(2)10-8-18-16(13-24)6-7-20-25(18,3)11-9-21(29)26(20,4)15-31-23-22(30)19(28)12-17(14-27)32-23/h5-6,12,18-23,27-30H,1,7-11,13-15H2,2-4H3/t18-,19+,20+,21-,22-,23+,24-,25+,26+/m0/s1. The molecule has 0 amide bonds. The molecule has 0 spiro atoms. The summed E-state index contributed by atoms with van der Waals surface area (Å²) < 4.78 is 11.6. The van der Waals surface area contributed by atoms with Gasteiger partial charge in [-0.2, -0.15) is 0 Å². The summed E-state index contributed by atoms with van der Waals surface area (Å²) in [5.74, 6) is 0.923. The lowest BCUT2D eigenvalue weighted by Crippen LogP contribution is -2.58. The highest BCUT2D eigenvalue weighted by atomic mass is 16.7. The summed E-state index contributed by atoms with van der Waals surface area (Å²) in [6.45, 7) is 10.7. The van der Waals surface area contributed by atoms with Gasteiger partial charge in [0.25, 0.3) is 0 Å². The third kappa shape index (κ3) is 3.88. The highest BCUT2D eigenvalue weighted by molar-refractivity contribution is 5.25. The molecule has 6 nitrogen and oxygen atoms in total. The van der Waals surface area contributed by atoms with Crippen molar-refractivity contribution in [3.8, 4) is 0 Å². The first kappa shape index (κ1) is 24.0. The van der Waals surface area contributed by atoms with Gasteiger partial charge in [-0.1, -0.05) is 38.5 Å². The topological polar surface area (TPSA) is 99.4 Å². The van der Waals surface area contributed by atoms with Gasteiger partial charge in [-0.25, -0.2) is 0 Å². The molecular formula is C26H40O6. The van der Waals surface area contributed by atoms with Crippen LogP contribution in [0, 0.1) is 28.1 Å². The Morgan fingerprint density at radius 1 is 1.19 bits per heavy atom. The van der Waals surface area contributed by atoms with E-state index in [2.05, 4.69) is 39.5 Å². The van der Waals surface area contributed by atoms with E-state index >= 15 is 0 Å². The van der Waals surface area contributed by atoms with Crippen molar-refractivity contribution in [1.29, 1.82) is 0 Å². The summed E-state index contributed by atoms with van der Waals surface area (Å²) in [5.41, 5.74) is 1.28. The number of ether oxygens (including phenoxy) is 2. The molecule has 1 aliphatic heterocycles. The molecule has 2 fully saturated rings. The number of aliphatic hydroxyl groups is 4. The van der Waals surface area contributed by atoms with Crippen molar-refractivity contribution < 1.29 is 29.9 Å². The predicted octanol–water partition coefficient (Wildman–Crippen LogP) is 3.06. The first-order chi connectivity index (χ1) is 15.1. The highest BCUT2D eigenvalue weighted by Gasteiger charge is 2.58. The predicted molar refractivity (Wildman–Crippen MR) is 121 cm³/mol. The maximum Gasteiger partial charge on any atom is 0.228 e. The maximum atomic E-state index is 11.1. The first-order valence-electron chi connectivity index (χ1n) is 12.0. The Balaban J connectivity index is 1.55. The van der Waals surface area contributed by atoms with Crippen molar-refractivity contribution in [2.24, 2.45) is 28.1 Å². The SMILES string of the molecule is C=C[C@@]1(C)CC[C@H]2C(=CC[C@@H]3[C@]2(C)CC[C@H](O)[C@]3(C)CO[C@@H]2OC(CO)=C[C@@H](O)[C@@H]2O)C1. The van der Waals surface area contributed by atoms with E-state index in [1.807, 2.05) is 0 Å².